The van der Waals surface area contributed by atoms with Gasteiger partial charge in [-0.3, -0.25) is 20.8 Å². The molecule has 7 nitrogen and oxygen atoms in total. The first-order chi connectivity index (χ1) is 9.10. The first kappa shape index (κ1) is 15.3. The zero-order valence-electron chi connectivity index (χ0n) is 10.5. The molecule has 4 N–H and O–H groups in total. The van der Waals surface area contributed by atoms with E-state index in [-0.39, 0.29) is 17.3 Å². The third-order valence-corrected chi connectivity index (χ3v) is 3.12. The van der Waals surface area contributed by atoms with Crippen LogP contribution in [0, 0.1) is 10.1 Å². The SMILES string of the molecule is CSCCCNC(=O)c1ccc([N+](=O)[O-])c(NN)c1. The van der Waals surface area contributed by atoms with Gasteiger partial charge in [0.05, 0.1) is 4.92 Å². The number of rotatable bonds is 7. The van der Waals surface area contributed by atoms with Gasteiger partial charge in [0.15, 0.2) is 0 Å². The molecule has 1 rings (SSSR count). The lowest BCUT2D eigenvalue weighted by Crippen LogP contribution is -2.25. The Balaban J connectivity index is 2.73. The largest absolute Gasteiger partial charge is 0.352 e. The van der Waals surface area contributed by atoms with Crippen LogP contribution in [-0.2, 0) is 0 Å². The molecular formula is C11H16N4O3S. The van der Waals surface area contributed by atoms with Gasteiger partial charge in [-0.2, -0.15) is 11.8 Å². The first-order valence-electron chi connectivity index (χ1n) is 5.62. The van der Waals surface area contributed by atoms with Crippen LogP contribution in [-0.4, -0.2) is 29.4 Å². The summed E-state index contributed by atoms with van der Waals surface area (Å²) < 4.78 is 0. The number of hydrogen-bond acceptors (Lipinski definition) is 6. The maximum Gasteiger partial charge on any atom is 0.293 e. The third kappa shape index (κ3) is 4.42. The van der Waals surface area contributed by atoms with Gasteiger partial charge in [0, 0.05) is 18.2 Å². The van der Waals surface area contributed by atoms with Crippen LogP contribution >= 0.6 is 11.8 Å². The van der Waals surface area contributed by atoms with Crippen molar-refractivity contribution in [2.45, 2.75) is 6.42 Å². The normalized spacial score (nSPS) is 10.0. The molecule has 0 aromatic heterocycles. The maximum absolute atomic E-state index is 11.8. The molecule has 0 radical (unpaired) electrons. The molecule has 8 heteroatoms. The summed E-state index contributed by atoms with van der Waals surface area (Å²) in [4.78, 5) is 22.0. The van der Waals surface area contributed by atoms with Gasteiger partial charge in [0.2, 0.25) is 0 Å². The predicted octanol–water partition coefficient (Wildman–Crippen LogP) is 1.36. The number of hydrogen-bond donors (Lipinski definition) is 3. The molecule has 0 unspecified atom stereocenters. The molecule has 0 atom stereocenters. The van der Waals surface area contributed by atoms with Crippen LogP contribution in [0.5, 0.6) is 0 Å². The van der Waals surface area contributed by atoms with Gasteiger partial charge in [-0.15, -0.1) is 0 Å². The molecule has 0 heterocycles. The van der Waals surface area contributed by atoms with Crippen molar-refractivity contribution in [3.05, 3.63) is 33.9 Å². The minimum absolute atomic E-state index is 0.113. The highest BCUT2D eigenvalue weighted by Gasteiger charge is 2.15. The van der Waals surface area contributed by atoms with Gasteiger partial charge in [-0.25, -0.2) is 0 Å². The first-order valence-corrected chi connectivity index (χ1v) is 7.01. The van der Waals surface area contributed by atoms with E-state index < -0.39 is 4.92 Å². The summed E-state index contributed by atoms with van der Waals surface area (Å²) in [5.41, 5.74) is 2.51. The molecule has 0 fully saturated rings. The van der Waals surface area contributed by atoms with Crippen molar-refractivity contribution >= 4 is 29.0 Å². The van der Waals surface area contributed by atoms with Crippen molar-refractivity contribution in [1.82, 2.24) is 5.32 Å². The van der Waals surface area contributed by atoms with Crippen LogP contribution in [0.25, 0.3) is 0 Å². The highest BCUT2D eigenvalue weighted by molar-refractivity contribution is 7.98. The number of nitrogen functional groups attached to an aromatic ring is 1. The summed E-state index contributed by atoms with van der Waals surface area (Å²) in [6.07, 6.45) is 2.87. The lowest BCUT2D eigenvalue weighted by molar-refractivity contribution is -0.384. The van der Waals surface area contributed by atoms with Gasteiger partial charge in [0.1, 0.15) is 5.69 Å². The number of nitro benzene ring substituents is 1. The van der Waals surface area contributed by atoms with E-state index in [1.807, 2.05) is 6.26 Å². The molecule has 1 aromatic carbocycles. The number of amides is 1. The van der Waals surface area contributed by atoms with Gasteiger partial charge < -0.3 is 10.7 Å². The van der Waals surface area contributed by atoms with Crippen molar-refractivity contribution in [2.24, 2.45) is 5.84 Å². The zero-order valence-corrected chi connectivity index (χ0v) is 11.3. The Kier molecular flexibility index (Phi) is 6.10. The molecule has 0 saturated carbocycles. The second-order valence-corrected chi connectivity index (χ2v) is 4.72. The van der Waals surface area contributed by atoms with Crippen LogP contribution < -0.4 is 16.6 Å². The minimum Gasteiger partial charge on any atom is -0.352 e. The fourth-order valence-corrected chi connectivity index (χ4v) is 1.91. The smallest absolute Gasteiger partial charge is 0.293 e. The number of hydrazine groups is 1. The Morgan fingerprint density at radius 3 is 2.84 bits per heavy atom. The van der Waals surface area contributed by atoms with Crippen molar-refractivity contribution in [3.63, 3.8) is 0 Å². The van der Waals surface area contributed by atoms with Crippen molar-refractivity contribution in [3.8, 4) is 0 Å². The Bertz CT molecular complexity index is 467. The van der Waals surface area contributed by atoms with Crippen LogP contribution in [0.2, 0.25) is 0 Å². The highest BCUT2D eigenvalue weighted by Crippen LogP contribution is 2.24. The molecule has 19 heavy (non-hydrogen) atoms. The number of nitrogens with zero attached hydrogens (tertiary/aromatic N) is 1. The lowest BCUT2D eigenvalue weighted by atomic mass is 10.1. The van der Waals surface area contributed by atoms with Crippen LogP contribution in [0.1, 0.15) is 16.8 Å². The van der Waals surface area contributed by atoms with Gasteiger partial charge in [0.25, 0.3) is 11.6 Å². The number of carbonyl (C=O) groups is 1. The minimum atomic E-state index is -0.560. The molecular weight excluding hydrogens is 268 g/mol. The van der Waals surface area contributed by atoms with E-state index in [0.717, 1.165) is 12.2 Å². The van der Waals surface area contributed by atoms with E-state index in [9.17, 15) is 14.9 Å². The summed E-state index contributed by atoms with van der Waals surface area (Å²) in [6.45, 7) is 0.571. The molecule has 0 aliphatic rings. The second-order valence-electron chi connectivity index (χ2n) is 3.74. The fraction of sp³-hybridized carbons (Fsp3) is 0.364. The van der Waals surface area contributed by atoms with E-state index in [2.05, 4.69) is 10.7 Å². The number of anilines is 1. The summed E-state index contributed by atoms with van der Waals surface area (Å²) >= 11 is 1.71. The van der Waals surface area contributed by atoms with Gasteiger partial charge >= 0.3 is 0 Å². The fourth-order valence-electron chi connectivity index (χ4n) is 1.47. The van der Waals surface area contributed by atoms with Crippen molar-refractivity contribution < 1.29 is 9.72 Å². The summed E-state index contributed by atoms with van der Waals surface area (Å²) in [6, 6.07) is 4.02. The van der Waals surface area contributed by atoms with Crippen molar-refractivity contribution in [2.75, 3.05) is 24.0 Å². The highest BCUT2D eigenvalue weighted by atomic mass is 32.2. The number of nitrogens with two attached hydrogens (primary N) is 1. The predicted molar refractivity (Wildman–Crippen MR) is 76.2 cm³/mol. The monoisotopic (exact) mass is 284 g/mol. The average molecular weight is 284 g/mol. The molecule has 0 saturated heterocycles. The Labute approximate surface area is 115 Å². The van der Waals surface area contributed by atoms with E-state index in [1.54, 1.807) is 11.8 Å². The molecule has 0 spiro atoms. The van der Waals surface area contributed by atoms with E-state index >= 15 is 0 Å². The van der Waals surface area contributed by atoms with Crippen LogP contribution in [0.15, 0.2) is 18.2 Å². The molecule has 1 amide bonds. The standard InChI is InChI=1S/C11H16N4O3S/c1-19-6-2-5-13-11(16)8-3-4-10(15(17)18)9(7-8)14-12/h3-4,7,14H,2,5-6,12H2,1H3,(H,13,16). The summed E-state index contributed by atoms with van der Waals surface area (Å²) in [5.74, 6) is 5.91. The summed E-state index contributed by atoms with van der Waals surface area (Å²) in [5, 5.41) is 13.5. The van der Waals surface area contributed by atoms with E-state index in [1.165, 1.54) is 18.2 Å². The molecule has 104 valence electrons. The number of nitro groups is 1. The third-order valence-electron chi connectivity index (χ3n) is 2.42. The zero-order chi connectivity index (χ0) is 14.3. The van der Waals surface area contributed by atoms with E-state index in [0.29, 0.717) is 12.1 Å². The lowest BCUT2D eigenvalue weighted by Gasteiger charge is -2.07. The van der Waals surface area contributed by atoms with E-state index in [4.69, 9.17) is 5.84 Å². The van der Waals surface area contributed by atoms with Crippen LogP contribution in [0.3, 0.4) is 0 Å². The average Bonchev–Trinajstić information content (AvgIpc) is 2.42. The Hall–Kier alpha value is -1.80. The van der Waals surface area contributed by atoms with Crippen molar-refractivity contribution in [1.29, 1.82) is 0 Å². The Morgan fingerprint density at radius 1 is 1.53 bits per heavy atom. The quantitative estimate of drug-likeness (QED) is 0.302. The Morgan fingerprint density at radius 2 is 2.26 bits per heavy atom. The molecule has 0 aliphatic carbocycles. The molecule has 0 bridgehead atoms. The number of benzene rings is 1. The maximum atomic E-state index is 11.8. The second kappa shape index (κ2) is 7.59. The van der Waals surface area contributed by atoms with Gasteiger partial charge in [-0.05, 0) is 30.6 Å². The number of carbonyl (C=O) groups excluding carboxylic acids is 1. The molecule has 1 aromatic rings. The summed E-state index contributed by atoms with van der Waals surface area (Å²) in [7, 11) is 0. The number of thioether (sulfide) groups is 1. The topological polar surface area (TPSA) is 110 Å². The van der Waals surface area contributed by atoms with Crippen LogP contribution in [0.4, 0.5) is 11.4 Å². The molecule has 0 aliphatic heterocycles. The number of nitrogens with one attached hydrogen (secondary N) is 2. The van der Waals surface area contributed by atoms with Gasteiger partial charge in [-0.1, -0.05) is 0 Å².